The Labute approximate surface area is 48.8 Å². The molecule has 0 aliphatic heterocycles. The van der Waals surface area contributed by atoms with Gasteiger partial charge in [-0.15, -0.1) is 0 Å². The maximum atomic E-state index is 10.5. The van der Waals surface area contributed by atoms with Crippen LogP contribution in [0.2, 0.25) is 0 Å². The second-order valence-corrected chi connectivity index (χ2v) is 2.23. The molecule has 0 bridgehead atoms. The van der Waals surface area contributed by atoms with Gasteiger partial charge in [-0.3, -0.25) is 4.79 Å². The molecule has 0 spiro atoms. The normalized spacial score (nSPS) is 37.0. The van der Waals surface area contributed by atoms with Gasteiger partial charge in [-0.25, -0.2) is 0 Å². The molecule has 0 aromatic heterocycles. The minimum Gasteiger partial charge on any atom is -0.380 e. The van der Waals surface area contributed by atoms with Crippen molar-refractivity contribution in [2.45, 2.75) is 19.4 Å². The van der Waals surface area contributed by atoms with Crippen LogP contribution in [0.25, 0.3) is 0 Å². The lowest BCUT2D eigenvalue weighted by Gasteiger charge is -2.30. The van der Waals surface area contributed by atoms with E-state index in [1.807, 2.05) is 6.92 Å². The van der Waals surface area contributed by atoms with Gasteiger partial charge >= 0.3 is 0 Å². The van der Waals surface area contributed by atoms with Crippen molar-refractivity contribution in [2.24, 2.45) is 5.92 Å². The summed E-state index contributed by atoms with van der Waals surface area (Å²) < 4.78 is 4.95. The zero-order valence-corrected chi connectivity index (χ0v) is 5.18. The molecule has 46 valence electrons. The molecule has 2 heteroatoms. The smallest absolute Gasteiger partial charge is 0.140 e. The van der Waals surface area contributed by atoms with E-state index in [-0.39, 0.29) is 12.0 Å². The monoisotopic (exact) mass is 114 g/mol. The third kappa shape index (κ3) is 0.650. The number of Topliss-reactive ketones (excluding diaryl/α,β-unsaturated/α-hetero) is 1. The number of hydrogen-bond acceptors (Lipinski definition) is 2. The summed E-state index contributed by atoms with van der Waals surface area (Å²) in [7, 11) is 1.65. The van der Waals surface area contributed by atoms with E-state index in [9.17, 15) is 4.79 Å². The topological polar surface area (TPSA) is 26.3 Å². The SMILES string of the molecule is COC1CC(=O)C1C. The fraction of sp³-hybridized carbons (Fsp3) is 0.833. The van der Waals surface area contributed by atoms with Crippen LogP contribution < -0.4 is 0 Å². The molecule has 2 atom stereocenters. The van der Waals surface area contributed by atoms with Crippen molar-refractivity contribution in [3.8, 4) is 0 Å². The fourth-order valence-electron chi connectivity index (χ4n) is 0.895. The first kappa shape index (κ1) is 5.76. The molecule has 1 saturated carbocycles. The quantitative estimate of drug-likeness (QED) is 0.499. The zero-order valence-electron chi connectivity index (χ0n) is 5.18. The fourth-order valence-corrected chi connectivity index (χ4v) is 0.895. The van der Waals surface area contributed by atoms with Gasteiger partial charge in [0.15, 0.2) is 0 Å². The Morgan fingerprint density at radius 1 is 1.75 bits per heavy atom. The van der Waals surface area contributed by atoms with Gasteiger partial charge in [0.1, 0.15) is 5.78 Å². The Kier molecular flexibility index (Phi) is 1.34. The Morgan fingerprint density at radius 2 is 2.38 bits per heavy atom. The third-order valence-corrected chi connectivity index (χ3v) is 1.77. The molecule has 2 nitrogen and oxygen atoms in total. The highest BCUT2D eigenvalue weighted by atomic mass is 16.5. The second-order valence-electron chi connectivity index (χ2n) is 2.23. The van der Waals surface area contributed by atoms with Gasteiger partial charge in [-0.05, 0) is 0 Å². The molecule has 1 fully saturated rings. The number of rotatable bonds is 1. The van der Waals surface area contributed by atoms with E-state index in [2.05, 4.69) is 0 Å². The first-order valence-electron chi connectivity index (χ1n) is 2.81. The molecule has 2 unspecified atom stereocenters. The molecule has 1 aliphatic carbocycles. The third-order valence-electron chi connectivity index (χ3n) is 1.77. The first-order valence-corrected chi connectivity index (χ1v) is 2.81. The first-order chi connectivity index (χ1) is 3.75. The average molecular weight is 114 g/mol. The van der Waals surface area contributed by atoms with Crippen LogP contribution in [-0.2, 0) is 9.53 Å². The van der Waals surface area contributed by atoms with Gasteiger partial charge < -0.3 is 4.74 Å². The lowest BCUT2D eigenvalue weighted by atomic mass is 9.82. The predicted octanol–water partition coefficient (Wildman–Crippen LogP) is 0.610. The van der Waals surface area contributed by atoms with E-state index < -0.39 is 0 Å². The van der Waals surface area contributed by atoms with Crippen molar-refractivity contribution >= 4 is 5.78 Å². The summed E-state index contributed by atoms with van der Waals surface area (Å²) in [6.07, 6.45) is 0.833. The van der Waals surface area contributed by atoms with Crippen molar-refractivity contribution in [1.29, 1.82) is 0 Å². The van der Waals surface area contributed by atoms with Crippen molar-refractivity contribution in [1.82, 2.24) is 0 Å². The van der Waals surface area contributed by atoms with E-state index in [1.165, 1.54) is 0 Å². The van der Waals surface area contributed by atoms with Gasteiger partial charge in [0.05, 0.1) is 6.10 Å². The van der Waals surface area contributed by atoms with E-state index in [1.54, 1.807) is 7.11 Å². The highest BCUT2D eigenvalue weighted by molar-refractivity contribution is 5.87. The molecule has 0 aromatic rings. The minimum absolute atomic E-state index is 0.153. The summed E-state index contributed by atoms with van der Waals surface area (Å²) in [5.74, 6) is 0.483. The van der Waals surface area contributed by atoms with Crippen molar-refractivity contribution in [2.75, 3.05) is 7.11 Å². The Bertz CT molecular complexity index is 109. The largest absolute Gasteiger partial charge is 0.380 e. The van der Waals surface area contributed by atoms with Gasteiger partial charge in [-0.1, -0.05) is 6.92 Å². The number of ether oxygens (including phenoxy) is 1. The molecule has 0 radical (unpaired) electrons. The molecule has 0 heterocycles. The van der Waals surface area contributed by atoms with E-state index in [4.69, 9.17) is 4.74 Å². The standard InChI is InChI=1S/C6H10O2/c1-4-5(7)3-6(4)8-2/h4,6H,3H2,1-2H3. The van der Waals surface area contributed by atoms with Gasteiger partial charge in [0, 0.05) is 19.4 Å². The van der Waals surface area contributed by atoms with Crippen molar-refractivity contribution in [3.05, 3.63) is 0 Å². The van der Waals surface area contributed by atoms with Crippen molar-refractivity contribution < 1.29 is 9.53 Å². The molecular formula is C6H10O2. The lowest BCUT2D eigenvalue weighted by molar-refractivity contribution is -0.141. The Hall–Kier alpha value is -0.370. The van der Waals surface area contributed by atoms with E-state index in [0.717, 1.165) is 0 Å². The molecule has 1 rings (SSSR count). The summed E-state index contributed by atoms with van der Waals surface area (Å²) in [6.45, 7) is 1.90. The number of methoxy groups -OCH3 is 1. The van der Waals surface area contributed by atoms with Crippen LogP contribution >= 0.6 is 0 Å². The van der Waals surface area contributed by atoms with Crippen LogP contribution in [0.1, 0.15) is 13.3 Å². The Balaban J connectivity index is 2.35. The van der Waals surface area contributed by atoms with Gasteiger partial charge in [0.2, 0.25) is 0 Å². The second kappa shape index (κ2) is 1.86. The van der Waals surface area contributed by atoms with Crippen LogP contribution in [0.5, 0.6) is 0 Å². The molecule has 0 N–H and O–H groups in total. The summed E-state index contributed by atoms with van der Waals surface area (Å²) in [6, 6.07) is 0. The van der Waals surface area contributed by atoms with E-state index >= 15 is 0 Å². The number of carbonyl (C=O) groups is 1. The molecule has 1 aliphatic rings. The van der Waals surface area contributed by atoms with Crippen LogP contribution in [-0.4, -0.2) is 19.0 Å². The van der Waals surface area contributed by atoms with Crippen LogP contribution in [0.4, 0.5) is 0 Å². The van der Waals surface area contributed by atoms with E-state index in [0.29, 0.717) is 12.2 Å². The molecular weight excluding hydrogens is 104 g/mol. The predicted molar refractivity (Wildman–Crippen MR) is 29.6 cm³/mol. The van der Waals surface area contributed by atoms with Crippen molar-refractivity contribution in [3.63, 3.8) is 0 Å². The van der Waals surface area contributed by atoms with Crippen LogP contribution in [0, 0.1) is 5.92 Å². The van der Waals surface area contributed by atoms with Crippen LogP contribution in [0.15, 0.2) is 0 Å². The molecule has 0 amide bonds. The lowest BCUT2D eigenvalue weighted by Crippen LogP contribution is -2.40. The number of hydrogen-bond donors (Lipinski definition) is 0. The minimum atomic E-state index is 0.153. The highest BCUT2D eigenvalue weighted by Gasteiger charge is 2.35. The summed E-state index contributed by atoms with van der Waals surface area (Å²) in [4.78, 5) is 10.5. The summed E-state index contributed by atoms with van der Waals surface area (Å²) in [5, 5.41) is 0. The zero-order chi connectivity index (χ0) is 6.15. The highest BCUT2D eigenvalue weighted by Crippen LogP contribution is 2.24. The maximum Gasteiger partial charge on any atom is 0.140 e. The van der Waals surface area contributed by atoms with Gasteiger partial charge in [0.25, 0.3) is 0 Å². The summed E-state index contributed by atoms with van der Waals surface area (Å²) >= 11 is 0. The average Bonchev–Trinajstić information content (AvgIpc) is 1.81. The molecule has 8 heavy (non-hydrogen) atoms. The Morgan fingerprint density at radius 3 is 2.50 bits per heavy atom. The molecule has 0 saturated heterocycles. The molecule has 0 aromatic carbocycles. The van der Waals surface area contributed by atoms with Crippen LogP contribution in [0.3, 0.4) is 0 Å². The maximum absolute atomic E-state index is 10.5. The number of carbonyl (C=O) groups excluding carboxylic acids is 1. The van der Waals surface area contributed by atoms with Gasteiger partial charge in [-0.2, -0.15) is 0 Å². The summed E-state index contributed by atoms with van der Waals surface area (Å²) in [5.41, 5.74) is 0. The number of ketones is 1.